The van der Waals surface area contributed by atoms with Gasteiger partial charge in [0.25, 0.3) is 0 Å². The highest BCUT2D eigenvalue weighted by molar-refractivity contribution is 7.47. The Morgan fingerprint density at radius 3 is 1.75 bits per heavy atom. The van der Waals surface area contributed by atoms with Crippen LogP contribution in [0.15, 0.2) is 85.1 Å². The normalized spacial score (nSPS) is 14.9. The third-order valence-electron chi connectivity index (χ3n) is 9.03. The topological polar surface area (TPSA) is 129 Å². The Kier molecular flexibility index (Phi) is 37.4. The summed E-state index contributed by atoms with van der Waals surface area (Å²) in [6.07, 6.45) is 46.8. The zero-order chi connectivity index (χ0) is 43.7. The number of unbranched alkanes of at least 4 members (excludes halogenated alkanes) is 11. The molecule has 0 spiro atoms. The monoisotopic (exact) mass is 849 g/mol. The molecule has 59 heavy (non-hydrogen) atoms. The lowest BCUT2D eigenvalue weighted by atomic mass is 10.1. The second-order valence-electron chi connectivity index (χ2n) is 15.9. The molecule has 2 N–H and O–H groups in total. The van der Waals surface area contributed by atoms with E-state index in [1.54, 1.807) is 12.2 Å². The molecule has 11 heteroatoms. The molecule has 2 unspecified atom stereocenters. The zero-order valence-electron chi connectivity index (χ0n) is 37.6. The van der Waals surface area contributed by atoms with Crippen molar-refractivity contribution in [1.29, 1.82) is 0 Å². The third kappa shape index (κ3) is 43.1. The number of carbonyl (C=O) groups is 2. The van der Waals surface area contributed by atoms with E-state index in [0.717, 1.165) is 70.6 Å². The van der Waals surface area contributed by atoms with Crippen LogP contribution in [0.3, 0.4) is 0 Å². The standard InChI is InChI=1S/C48H82NO9P/c1-6-8-10-12-14-16-18-20-22-24-25-27-29-31-33-35-37-45(50)39-40-47(51)55-43-46(44-57-59(53,54)56-42-41-49(3,4)5)58-48(52)38-36-34-32-30-28-26-23-21-19-17-15-13-11-9-7-2/h8,10,14,16,20-23,25,27,31,33,35,37,45-46,50H,6-7,9,11-13,15,17-19,24,26,28-30,32,34,36,38-44H2,1-5H3/p+1/b10-8-,16-14-,22-20-,23-21-,27-25-,33-31-,37-35-/t45?,46-/m1/s1. The molecule has 10 nitrogen and oxygen atoms in total. The quantitative estimate of drug-likeness (QED) is 0.0155. The molecule has 0 bridgehead atoms. The summed E-state index contributed by atoms with van der Waals surface area (Å²) in [5, 5.41) is 10.3. The Labute approximate surface area is 359 Å². The molecule has 0 saturated heterocycles. The average molecular weight is 849 g/mol. The van der Waals surface area contributed by atoms with Crippen molar-refractivity contribution in [2.45, 2.75) is 161 Å². The van der Waals surface area contributed by atoms with Gasteiger partial charge in [-0.25, -0.2) is 4.57 Å². The summed E-state index contributed by atoms with van der Waals surface area (Å²) in [5.41, 5.74) is 0. The lowest BCUT2D eigenvalue weighted by Gasteiger charge is -2.24. The molecule has 0 aliphatic carbocycles. The number of phosphoric ester groups is 1. The summed E-state index contributed by atoms with van der Waals surface area (Å²) >= 11 is 0. The van der Waals surface area contributed by atoms with Crippen molar-refractivity contribution in [1.82, 2.24) is 0 Å². The van der Waals surface area contributed by atoms with Crippen LogP contribution in [-0.4, -0.2) is 86.1 Å². The molecule has 0 aromatic carbocycles. The van der Waals surface area contributed by atoms with Crippen molar-refractivity contribution in [3.8, 4) is 0 Å². The number of aliphatic hydroxyl groups excluding tert-OH is 1. The maximum Gasteiger partial charge on any atom is 0.472 e. The molecule has 3 atom stereocenters. The number of rotatable bonds is 39. The van der Waals surface area contributed by atoms with E-state index < -0.39 is 38.6 Å². The molecule has 0 saturated carbocycles. The van der Waals surface area contributed by atoms with E-state index in [2.05, 4.69) is 74.6 Å². The largest absolute Gasteiger partial charge is 0.472 e. The number of hydrogen-bond acceptors (Lipinski definition) is 8. The summed E-state index contributed by atoms with van der Waals surface area (Å²) in [5.74, 6) is -1.10. The number of esters is 2. The van der Waals surface area contributed by atoms with E-state index in [4.69, 9.17) is 18.5 Å². The summed E-state index contributed by atoms with van der Waals surface area (Å²) in [6.45, 7) is 3.99. The van der Waals surface area contributed by atoms with Gasteiger partial charge in [-0.15, -0.1) is 0 Å². The van der Waals surface area contributed by atoms with Crippen LogP contribution in [0.4, 0.5) is 0 Å². The number of nitrogens with zero attached hydrogens (tertiary/aromatic N) is 1. The van der Waals surface area contributed by atoms with Gasteiger partial charge in [0.2, 0.25) is 0 Å². The maximum atomic E-state index is 12.7. The van der Waals surface area contributed by atoms with Crippen LogP contribution in [0.2, 0.25) is 0 Å². The van der Waals surface area contributed by atoms with Gasteiger partial charge in [0.15, 0.2) is 6.10 Å². The third-order valence-corrected chi connectivity index (χ3v) is 10.0. The lowest BCUT2D eigenvalue weighted by Crippen LogP contribution is -2.37. The van der Waals surface area contributed by atoms with Crippen molar-refractivity contribution in [2.75, 3.05) is 47.5 Å². The van der Waals surface area contributed by atoms with E-state index in [1.165, 1.54) is 38.5 Å². The predicted molar refractivity (Wildman–Crippen MR) is 244 cm³/mol. The Morgan fingerprint density at radius 1 is 0.627 bits per heavy atom. The van der Waals surface area contributed by atoms with Crippen molar-refractivity contribution < 1.29 is 47.2 Å². The summed E-state index contributed by atoms with van der Waals surface area (Å²) in [4.78, 5) is 35.4. The molecule has 0 aromatic heterocycles. The summed E-state index contributed by atoms with van der Waals surface area (Å²) in [7, 11) is 1.34. The van der Waals surface area contributed by atoms with E-state index in [0.29, 0.717) is 17.4 Å². The Bertz CT molecular complexity index is 1300. The maximum absolute atomic E-state index is 12.7. The highest BCUT2D eigenvalue weighted by Crippen LogP contribution is 2.43. The number of hydrogen-bond donors (Lipinski definition) is 2. The number of quaternary nitrogens is 1. The molecule has 0 fully saturated rings. The molecule has 0 rings (SSSR count). The van der Waals surface area contributed by atoms with Crippen LogP contribution in [0, 0.1) is 0 Å². The lowest BCUT2D eigenvalue weighted by molar-refractivity contribution is -0.870. The van der Waals surface area contributed by atoms with Gasteiger partial charge < -0.3 is 24.0 Å². The molecular formula is C48H83NO9P+. The smallest absolute Gasteiger partial charge is 0.462 e. The van der Waals surface area contributed by atoms with Crippen LogP contribution < -0.4 is 0 Å². The van der Waals surface area contributed by atoms with Crippen LogP contribution in [-0.2, 0) is 32.7 Å². The first-order valence-electron chi connectivity index (χ1n) is 22.4. The summed E-state index contributed by atoms with van der Waals surface area (Å²) in [6, 6.07) is 0. The number of aliphatic hydroxyl groups is 1. The fourth-order valence-corrected chi connectivity index (χ4v) is 6.21. The fourth-order valence-electron chi connectivity index (χ4n) is 5.47. The minimum atomic E-state index is -4.44. The van der Waals surface area contributed by atoms with Gasteiger partial charge in [-0.3, -0.25) is 18.6 Å². The second kappa shape index (κ2) is 39.3. The van der Waals surface area contributed by atoms with Crippen LogP contribution in [0.5, 0.6) is 0 Å². The number of allylic oxidation sites excluding steroid dienone is 13. The van der Waals surface area contributed by atoms with E-state index in [1.807, 2.05) is 33.3 Å². The number of likely N-dealkylation sites (N-methyl/N-ethyl adjacent to an activating group) is 1. The molecular weight excluding hydrogens is 765 g/mol. The average Bonchev–Trinajstić information content (AvgIpc) is 3.18. The number of carbonyl (C=O) groups excluding carboxylic acids is 2. The van der Waals surface area contributed by atoms with Gasteiger partial charge in [-0.05, 0) is 70.6 Å². The predicted octanol–water partition coefficient (Wildman–Crippen LogP) is 11.8. The summed E-state index contributed by atoms with van der Waals surface area (Å²) < 4.78 is 34.1. The van der Waals surface area contributed by atoms with Gasteiger partial charge in [0.1, 0.15) is 19.8 Å². The zero-order valence-corrected chi connectivity index (χ0v) is 38.5. The van der Waals surface area contributed by atoms with Gasteiger partial charge in [0, 0.05) is 12.8 Å². The van der Waals surface area contributed by atoms with Crippen molar-refractivity contribution in [2.24, 2.45) is 0 Å². The van der Waals surface area contributed by atoms with E-state index in [-0.39, 0.29) is 32.5 Å². The molecule has 0 heterocycles. The van der Waals surface area contributed by atoms with Crippen molar-refractivity contribution in [3.63, 3.8) is 0 Å². The highest BCUT2D eigenvalue weighted by atomic mass is 31.2. The Hall–Kier alpha value is -2.85. The van der Waals surface area contributed by atoms with Gasteiger partial charge in [-0.1, -0.05) is 150 Å². The molecule has 338 valence electrons. The van der Waals surface area contributed by atoms with Gasteiger partial charge in [0.05, 0.1) is 33.9 Å². The number of phosphoric acid groups is 1. The van der Waals surface area contributed by atoms with Crippen molar-refractivity contribution >= 4 is 19.8 Å². The second-order valence-corrected chi connectivity index (χ2v) is 17.3. The first-order valence-corrected chi connectivity index (χ1v) is 23.9. The van der Waals surface area contributed by atoms with Crippen molar-refractivity contribution in [3.05, 3.63) is 85.1 Å². The van der Waals surface area contributed by atoms with Gasteiger partial charge in [-0.2, -0.15) is 0 Å². The van der Waals surface area contributed by atoms with Gasteiger partial charge >= 0.3 is 19.8 Å². The molecule has 0 aliphatic rings. The number of ether oxygens (including phenoxy) is 2. The minimum absolute atomic E-state index is 0.00987. The van der Waals surface area contributed by atoms with Crippen LogP contribution in [0.25, 0.3) is 0 Å². The molecule has 0 radical (unpaired) electrons. The minimum Gasteiger partial charge on any atom is -0.462 e. The first-order chi connectivity index (χ1) is 28.4. The fraction of sp³-hybridized carbons (Fsp3) is 0.667. The van der Waals surface area contributed by atoms with Crippen LogP contribution in [0.1, 0.15) is 149 Å². The van der Waals surface area contributed by atoms with E-state index >= 15 is 0 Å². The molecule has 0 amide bonds. The Morgan fingerprint density at radius 2 is 1.17 bits per heavy atom. The SMILES string of the molecule is CC/C=C\C/C=C\C/C=C\C/C=C\C/C=C\C=C/C(O)CCC(=O)OC[C@H](COP(=O)(O)OCC[N+](C)(C)C)OC(=O)CCCCCCC/C=C\CCCCCCCC. The van der Waals surface area contributed by atoms with E-state index in [9.17, 15) is 24.2 Å². The Balaban J connectivity index is 4.61. The molecule has 0 aromatic rings. The highest BCUT2D eigenvalue weighted by Gasteiger charge is 2.27. The van der Waals surface area contributed by atoms with Crippen LogP contribution >= 0.6 is 7.82 Å². The molecule has 0 aliphatic heterocycles. The first kappa shape index (κ1) is 56.1.